The predicted molar refractivity (Wildman–Crippen MR) is 58.7 cm³/mol. The lowest BCUT2D eigenvalue weighted by Gasteiger charge is -2.21. The molecule has 2 N–H and O–H groups in total. The number of ether oxygens (including phenoxy) is 1. The smallest absolute Gasteiger partial charge is 0.358 e. The molecule has 0 aliphatic heterocycles. The van der Waals surface area contributed by atoms with Gasteiger partial charge in [0.25, 0.3) is 0 Å². The third-order valence-corrected chi connectivity index (χ3v) is 2.03. The van der Waals surface area contributed by atoms with E-state index in [1.54, 1.807) is 0 Å². The van der Waals surface area contributed by atoms with Crippen molar-refractivity contribution in [1.82, 2.24) is 10.2 Å². The number of esters is 1. The molecule has 1 aromatic heterocycles. The number of anilines is 1. The van der Waals surface area contributed by atoms with Gasteiger partial charge in [-0.3, -0.25) is 0 Å². The summed E-state index contributed by atoms with van der Waals surface area (Å²) in [5.41, 5.74) is -1.10. The minimum absolute atomic E-state index is 0.0613. The number of rotatable bonds is 4. The Labute approximate surface area is 97.8 Å². The number of carboxylic acids is 1. The maximum atomic E-state index is 11.1. The lowest BCUT2D eigenvalue weighted by molar-refractivity contribution is -0.141. The van der Waals surface area contributed by atoms with Crippen molar-refractivity contribution >= 4 is 17.8 Å². The zero-order chi connectivity index (χ0) is 13.1. The highest BCUT2D eigenvalue weighted by atomic mass is 16.5. The van der Waals surface area contributed by atoms with Crippen LogP contribution in [0.15, 0.2) is 12.1 Å². The minimum atomic E-state index is -1.17. The fourth-order valence-electron chi connectivity index (χ4n) is 0.986. The van der Waals surface area contributed by atoms with E-state index in [1.165, 1.54) is 33.1 Å². The Morgan fingerprint density at radius 2 is 2.00 bits per heavy atom. The van der Waals surface area contributed by atoms with Crippen molar-refractivity contribution < 1.29 is 19.4 Å². The normalized spacial score (nSPS) is 10.8. The molecule has 0 aromatic carbocycles. The van der Waals surface area contributed by atoms with Crippen LogP contribution in [0.4, 0.5) is 5.82 Å². The molecule has 0 amide bonds. The number of carbonyl (C=O) groups is 2. The topological polar surface area (TPSA) is 101 Å². The highest BCUT2D eigenvalue weighted by molar-refractivity contribution is 5.87. The van der Waals surface area contributed by atoms with Gasteiger partial charge in [0, 0.05) is 0 Å². The summed E-state index contributed by atoms with van der Waals surface area (Å²) < 4.78 is 4.46. The molecule has 0 saturated heterocycles. The number of carboxylic acid groups (broad SMARTS) is 1. The van der Waals surface area contributed by atoms with Crippen molar-refractivity contribution in [2.75, 3.05) is 12.4 Å². The number of nitrogens with one attached hydrogen (secondary N) is 1. The quantitative estimate of drug-likeness (QED) is 0.739. The second-order valence-electron chi connectivity index (χ2n) is 3.85. The van der Waals surface area contributed by atoms with Crippen LogP contribution >= 0.6 is 0 Å². The van der Waals surface area contributed by atoms with Crippen LogP contribution in [0.2, 0.25) is 0 Å². The van der Waals surface area contributed by atoms with E-state index in [0.717, 1.165) is 0 Å². The molecule has 17 heavy (non-hydrogen) atoms. The minimum Gasteiger partial charge on any atom is -0.480 e. The Kier molecular flexibility index (Phi) is 3.62. The van der Waals surface area contributed by atoms with Crippen molar-refractivity contribution in [3.05, 3.63) is 17.8 Å². The van der Waals surface area contributed by atoms with Crippen molar-refractivity contribution in [1.29, 1.82) is 0 Å². The van der Waals surface area contributed by atoms with Gasteiger partial charge in [0.15, 0.2) is 5.69 Å². The van der Waals surface area contributed by atoms with Crippen LogP contribution in [0.25, 0.3) is 0 Å². The third-order valence-electron chi connectivity index (χ3n) is 2.03. The van der Waals surface area contributed by atoms with Crippen LogP contribution in [-0.2, 0) is 9.53 Å². The van der Waals surface area contributed by atoms with E-state index in [4.69, 9.17) is 5.11 Å². The van der Waals surface area contributed by atoms with Gasteiger partial charge in [-0.15, -0.1) is 10.2 Å². The first-order chi connectivity index (χ1) is 7.86. The molecule has 1 heterocycles. The van der Waals surface area contributed by atoms with E-state index in [9.17, 15) is 9.59 Å². The van der Waals surface area contributed by atoms with Gasteiger partial charge >= 0.3 is 11.9 Å². The number of aliphatic carboxylic acids is 1. The number of nitrogens with zero attached hydrogens (tertiary/aromatic N) is 2. The fourth-order valence-corrected chi connectivity index (χ4v) is 0.986. The largest absolute Gasteiger partial charge is 0.480 e. The van der Waals surface area contributed by atoms with Crippen LogP contribution in [0.5, 0.6) is 0 Å². The highest BCUT2D eigenvalue weighted by Crippen LogP contribution is 2.12. The SMILES string of the molecule is COC(=O)c1ccc(NC(C)(C)C(=O)O)nn1. The molecule has 92 valence electrons. The summed E-state index contributed by atoms with van der Waals surface area (Å²) in [6.45, 7) is 2.98. The molecule has 0 saturated carbocycles. The first-order valence-electron chi connectivity index (χ1n) is 4.80. The molecule has 0 fully saturated rings. The van der Waals surface area contributed by atoms with Gasteiger partial charge in [-0.05, 0) is 26.0 Å². The standard InChI is InChI=1S/C10H13N3O4/c1-10(2,9(15)16)11-7-5-4-6(12-13-7)8(14)17-3/h4-5H,1-3H3,(H,11,13)(H,15,16). The van der Waals surface area contributed by atoms with Crippen molar-refractivity contribution in [2.24, 2.45) is 0 Å². The molecule has 0 bridgehead atoms. The zero-order valence-corrected chi connectivity index (χ0v) is 9.72. The molecule has 7 heteroatoms. The average molecular weight is 239 g/mol. The van der Waals surface area contributed by atoms with Crippen LogP contribution < -0.4 is 5.32 Å². The van der Waals surface area contributed by atoms with E-state index >= 15 is 0 Å². The summed E-state index contributed by atoms with van der Waals surface area (Å²) in [5.74, 6) is -1.34. The lowest BCUT2D eigenvalue weighted by atomic mass is 10.1. The fraction of sp³-hybridized carbons (Fsp3) is 0.400. The van der Waals surface area contributed by atoms with Gasteiger partial charge in [-0.2, -0.15) is 0 Å². The lowest BCUT2D eigenvalue weighted by Crippen LogP contribution is -2.40. The van der Waals surface area contributed by atoms with Crippen LogP contribution in [0, 0.1) is 0 Å². The van der Waals surface area contributed by atoms with Gasteiger partial charge in [0.2, 0.25) is 0 Å². The Balaban J connectivity index is 2.82. The van der Waals surface area contributed by atoms with E-state index < -0.39 is 17.5 Å². The van der Waals surface area contributed by atoms with Gasteiger partial charge < -0.3 is 15.2 Å². The summed E-state index contributed by atoms with van der Waals surface area (Å²) in [6.07, 6.45) is 0. The summed E-state index contributed by atoms with van der Waals surface area (Å²) in [5, 5.41) is 18.9. The number of methoxy groups -OCH3 is 1. The van der Waals surface area contributed by atoms with Gasteiger partial charge in [-0.25, -0.2) is 9.59 Å². The molecule has 0 aliphatic rings. The molecular formula is C10H13N3O4. The number of carbonyl (C=O) groups excluding carboxylic acids is 1. The molecule has 0 radical (unpaired) electrons. The molecule has 0 unspecified atom stereocenters. The Morgan fingerprint density at radius 3 is 2.41 bits per heavy atom. The number of hydrogen-bond acceptors (Lipinski definition) is 6. The van der Waals surface area contributed by atoms with E-state index in [-0.39, 0.29) is 11.5 Å². The van der Waals surface area contributed by atoms with Crippen LogP contribution in [0.3, 0.4) is 0 Å². The first-order valence-corrected chi connectivity index (χ1v) is 4.80. The second kappa shape index (κ2) is 4.77. The number of hydrogen-bond donors (Lipinski definition) is 2. The average Bonchev–Trinajstić information content (AvgIpc) is 2.28. The molecule has 0 spiro atoms. The second-order valence-corrected chi connectivity index (χ2v) is 3.85. The Hall–Kier alpha value is -2.18. The summed E-state index contributed by atoms with van der Waals surface area (Å²) >= 11 is 0. The van der Waals surface area contributed by atoms with Crippen LogP contribution in [0.1, 0.15) is 24.3 Å². The molecule has 1 aromatic rings. The Morgan fingerprint density at radius 1 is 1.35 bits per heavy atom. The van der Waals surface area contributed by atoms with Gasteiger partial charge in [0.05, 0.1) is 7.11 Å². The summed E-state index contributed by atoms with van der Waals surface area (Å²) in [7, 11) is 1.24. The van der Waals surface area contributed by atoms with Crippen LogP contribution in [-0.4, -0.2) is 39.9 Å². The van der Waals surface area contributed by atoms with Gasteiger partial charge in [-0.1, -0.05) is 0 Å². The molecular weight excluding hydrogens is 226 g/mol. The van der Waals surface area contributed by atoms with E-state index in [0.29, 0.717) is 0 Å². The third kappa shape index (κ3) is 3.13. The zero-order valence-electron chi connectivity index (χ0n) is 9.72. The maximum Gasteiger partial charge on any atom is 0.358 e. The van der Waals surface area contributed by atoms with E-state index in [1.807, 2.05) is 0 Å². The monoisotopic (exact) mass is 239 g/mol. The van der Waals surface area contributed by atoms with Gasteiger partial charge in [0.1, 0.15) is 11.4 Å². The molecule has 1 rings (SSSR count). The Bertz CT molecular complexity index is 428. The molecule has 7 nitrogen and oxygen atoms in total. The van der Waals surface area contributed by atoms with E-state index in [2.05, 4.69) is 20.3 Å². The van der Waals surface area contributed by atoms with Crippen molar-refractivity contribution in [3.63, 3.8) is 0 Å². The predicted octanol–water partition coefficient (Wildman–Crippen LogP) is 0.538. The van der Waals surface area contributed by atoms with Crippen molar-refractivity contribution in [2.45, 2.75) is 19.4 Å². The molecule has 0 aliphatic carbocycles. The molecule has 0 atom stereocenters. The first kappa shape index (κ1) is 12.9. The van der Waals surface area contributed by atoms with Crippen molar-refractivity contribution in [3.8, 4) is 0 Å². The summed E-state index contributed by atoms with van der Waals surface area (Å²) in [6, 6.07) is 2.86. The maximum absolute atomic E-state index is 11.1. The summed E-state index contributed by atoms with van der Waals surface area (Å²) in [4.78, 5) is 21.9. The number of aromatic nitrogens is 2. The highest BCUT2D eigenvalue weighted by Gasteiger charge is 2.27.